The van der Waals surface area contributed by atoms with Crippen molar-refractivity contribution in [3.63, 3.8) is 0 Å². The molecule has 0 aliphatic carbocycles. The number of carbonyl (C=O) groups is 1. The van der Waals surface area contributed by atoms with Crippen LogP contribution >= 0.6 is 11.6 Å². The number of halogens is 1. The fourth-order valence-electron chi connectivity index (χ4n) is 1.82. The normalized spacial score (nSPS) is 10.2. The first-order valence-electron chi connectivity index (χ1n) is 5.78. The van der Waals surface area contributed by atoms with Crippen molar-refractivity contribution in [3.8, 4) is 0 Å². The molecule has 1 aromatic carbocycles. The van der Waals surface area contributed by atoms with Gasteiger partial charge < -0.3 is 10.3 Å². The minimum Gasteiger partial charge on any atom is -0.355 e. The zero-order chi connectivity index (χ0) is 13.8. The summed E-state index contributed by atoms with van der Waals surface area (Å²) in [7, 11) is 1.49. The van der Waals surface area contributed by atoms with Gasteiger partial charge in [-0.2, -0.15) is 0 Å². The second-order valence-electron chi connectivity index (χ2n) is 4.14. The van der Waals surface area contributed by atoms with Crippen LogP contribution in [0.5, 0.6) is 0 Å². The van der Waals surface area contributed by atoms with Gasteiger partial charge in [-0.3, -0.25) is 9.59 Å². The maximum absolute atomic E-state index is 11.5. The van der Waals surface area contributed by atoms with E-state index in [2.05, 4.69) is 10.3 Å². The Morgan fingerprint density at radius 1 is 1.32 bits per heavy atom. The monoisotopic (exact) mass is 276 g/mol. The Bertz CT molecular complexity index is 664. The summed E-state index contributed by atoms with van der Waals surface area (Å²) in [5.41, 5.74) is 1.58. The molecule has 19 heavy (non-hydrogen) atoms. The third kappa shape index (κ3) is 3.23. The van der Waals surface area contributed by atoms with Crippen LogP contribution in [-0.2, 0) is 6.42 Å². The van der Waals surface area contributed by atoms with Gasteiger partial charge in [0.1, 0.15) is 5.56 Å². The molecule has 0 unspecified atom stereocenters. The SMILES string of the molecule is CNC(=O)c1cc(Cc2cccc(Cl)c2)c[nH]c1=O. The Kier molecular flexibility index (Phi) is 4.02. The van der Waals surface area contributed by atoms with Crippen LogP contribution in [0.25, 0.3) is 0 Å². The van der Waals surface area contributed by atoms with E-state index in [0.717, 1.165) is 11.1 Å². The van der Waals surface area contributed by atoms with Crippen molar-refractivity contribution in [1.82, 2.24) is 10.3 Å². The van der Waals surface area contributed by atoms with E-state index < -0.39 is 11.5 Å². The third-order valence-corrected chi connectivity index (χ3v) is 2.97. The van der Waals surface area contributed by atoms with Crippen LogP contribution in [0.15, 0.2) is 41.3 Å². The maximum Gasteiger partial charge on any atom is 0.260 e. The molecule has 0 atom stereocenters. The minimum atomic E-state index is -0.394. The Labute approximate surface area is 115 Å². The van der Waals surface area contributed by atoms with E-state index in [-0.39, 0.29) is 5.56 Å². The van der Waals surface area contributed by atoms with Crippen molar-refractivity contribution in [2.75, 3.05) is 7.05 Å². The number of hydrogen-bond donors (Lipinski definition) is 2. The molecule has 5 heteroatoms. The molecule has 0 radical (unpaired) electrons. The van der Waals surface area contributed by atoms with Crippen LogP contribution < -0.4 is 10.9 Å². The standard InChI is InChI=1S/C14H13ClN2O2/c1-16-13(18)12-7-10(8-17-14(12)19)5-9-3-2-4-11(15)6-9/h2-4,6-8H,5H2,1H3,(H,16,18)(H,17,19). The van der Waals surface area contributed by atoms with Crippen LogP contribution in [0, 0.1) is 0 Å². The number of aromatic amines is 1. The number of amides is 1. The van der Waals surface area contributed by atoms with Crippen LogP contribution in [0.2, 0.25) is 5.02 Å². The third-order valence-electron chi connectivity index (χ3n) is 2.73. The topological polar surface area (TPSA) is 62.0 Å². The average Bonchev–Trinajstić information content (AvgIpc) is 2.40. The van der Waals surface area contributed by atoms with Crippen molar-refractivity contribution in [2.24, 2.45) is 0 Å². The van der Waals surface area contributed by atoms with Crippen LogP contribution in [0.4, 0.5) is 0 Å². The first kappa shape index (κ1) is 13.4. The molecule has 0 bridgehead atoms. The largest absolute Gasteiger partial charge is 0.355 e. The van der Waals surface area contributed by atoms with Gasteiger partial charge in [0, 0.05) is 18.3 Å². The van der Waals surface area contributed by atoms with E-state index in [0.29, 0.717) is 11.4 Å². The van der Waals surface area contributed by atoms with E-state index in [9.17, 15) is 9.59 Å². The van der Waals surface area contributed by atoms with E-state index in [1.165, 1.54) is 7.05 Å². The molecule has 0 aliphatic heterocycles. The number of pyridine rings is 1. The Morgan fingerprint density at radius 3 is 2.79 bits per heavy atom. The van der Waals surface area contributed by atoms with Gasteiger partial charge in [-0.25, -0.2) is 0 Å². The van der Waals surface area contributed by atoms with Gasteiger partial charge in [-0.1, -0.05) is 23.7 Å². The fraction of sp³-hybridized carbons (Fsp3) is 0.143. The summed E-state index contributed by atoms with van der Waals surface area (Å²) in [5, 5.41) is 3.10. The van der Waals surface area contributed by atoms with Gasteiger partial charge in [-0.05, 0) is 35.7 Å². The molecule has 1 heterocycles. The van der Waals surface area contributed by atoms with Crippen LogP contribution in [-0.4, -0.2) is 17.9 Å². The number of aromatic nitrogens is 1. The smallest absolute Gasteiger partial charge is 0.260 e. The predicted octanol–water partition coefficient (Wildman–Crippen LogP) is 1.98. The Morgan fingerprint density at radius 2 is 2.11 bits per heavy atom. The highest BCUT2D eigenvalue weighted by atomic mass is 35.5. The van der Waals surface area contributed by atoms with Gasteiger partial charge in [0.25, 0.3) is 11.5 Å². The lowest BCUT2D eigenvalue weighted by molar-refractivity contribution is 0.0961. The summed E-state index contributed by atoms with van der Waals surface area (Å²) < 4.78 is 0. The molecule has 1 aromatic heterocycles. The van der Waals surface area contributed by atoms with Crippen LogP contribution in [0.3, 0.4) is 0 Å². The average molecular weight is 277 g/mol. The molecular formula is C14H13ClN2O2. The lowest BCUT2D eigenvalue weighted by atomic mass is 10.1. The number of hydrogen-bond acceptors (Lipinski definition) is 2. The summed E-state index contributed by atoms with van der Waals surface area (Å²) in [6.45, 7) is 0. The van der Waals surface area contributed by atoms with E-state index in [1.807, 2.05) is 18.2 Å². The number of benzene rings is 1. The molecule has 1 amide bonds. The number of carbonyl (C=O) groups excluding carboxylic acids is 1. The van der Waals surface area contributed by atoms with Gasteiger partial charge in [0.05, 0.1) is 0 Å². The number of rotatable bonds is 3. The zero-order valence-corrected chi connectivity index (χ0v) is 11.1. The highest BCUT2D eigenvalue weighted by Gasteiger charge is 2.09. The van der Waals surface area contributed by atoms with Gasteiger partial charge in [-0.15, -0.1) is 0 Å². The molecule has 2 aromatic rings. The van der Waals surface area contributed by atoms with Gasteiger partial charge in [0.2, 0.25) is 0 Å². The van der Waals surface area contributed by atoms with E-state index in [4.69, 9.17) is 11.6 Å². The van der Waals surface area contributed by atoms with Gasteiger partial charge in [0.15, 0.2) is 0 Å². The summed E-state index contributed by atoms with van der Waals surface area (Å²) in [4.78, 5) is 25.7. The predicted molar refractivity (Wildman–Crippen MR) is 74.7 cm³/mol. The van der Waals surface area contributed by atoms with Crippen molar-refractivity contribution >= 4 is 17.5 Å². The highest BCUT2D eigenvalue weighted by Crippen LogP contribution is 2.14. The maximum atomic E-state index is 11.5. The molecule has 0 fully saturated rings. The van der Waals surface area contributed by atoms with Gasteiger partial charge >= 0.3 is 0 Å². The Balaban J connectivity index is 2.31. The molecule has 4 nitrogen and oxygen atoms in total. The van der Waals surface area contributed by atoms with Crippen LogP contribution in [0.1, 0.15) is 21.5 Å². The highest BCUT2D eigenvalue weighted by molar-refractivity contribution is 6.30. The molecular weight excluding hydrogens is 264 g/mol. The molecule has 0 saturated heterocycles. The molecule has 2 rings (SSSR count). The number of nitrogens with one attached hydrogen (secondary N) is 2. The van der Waals surface area contributed by atoms with E-state index >= 15 is 0 Å². The Hall–Kier alpha value is -2.07. The summed E-state index contributed by atoms with van der Waals surface area (Å²) in [5.74, 6) is -0.394. The van der Waals surface area contributed by atoms with E-state index in [1.54, 1.807) is 18.3 Å². The zero-order valence-electron chi connectivity index (χ0n) is 10.4. The molecule has 2 N–H and O–H groups in total. The summed E-state index contributed by atoms with van der Waals surface area (Å²) in [6.07, 6.45) is 2.21. The van der Waals surface area contributed by atoms with Crippen molar-refractivity contribution in [1.29, 1.82) is 0 Å². The molecule has 0 aliphatic rings. The van der Waals surface area contributed by atoms with Crippen molar-refractivity contribution in [3.05, 3.63) is 68.6 Å². The minimum absolute atomic E-state index is 0.113. The quantitative estimate of drug-likeness (QED) is 0.900. The summed E-state index contributed by atoms with van der Waals surface area (Å²) in [6, 6.07) is 9.05. The fourth-order valence-corrected chi connectivity index (χ4v) is 2.03. The first-order chi connectivity index (χ1) is 9.10. The summed E-state index contributed by atoms with van der Waals surface area (Å²) >= 11 is 5.92. The molecule has 0 spiro atoms. The second-order valence-corrected chi connectivity index (χ2v) is 4.57. The van der Waals surface area contributed by atoms with Crippen molar-refractivity contribution in [2.45, 2.75) is 6.42 Å². The lowest BCUT2D eigenvalue weighted by Gasteiger charge is -2.04. The van der Waals surface area contributed by atoms with Crippen molar-refractivity contribution < 1.29 is 4.79 Å². The lowest BCUT2D eigenvalue weighted by Crippen LogP contribution is -2.26. The second kappa shape index (κ2) is 5.71. The number of H-pyrrole nitrogens is 1. The molecule has 98 valence electrons. The first-order valence-corrected chi connectivity index (χ1v) is 6.16. The molecule has 0 saturated carbocycles.